The first-order valence-corrected chi connectivity index (χ1v) is 6.56. The molecule has 1 fully saturated rings. The fraction of sp³-hybridized carbons (Fsp3) is 0.727. The molecular weight excluding hydrogens is 210 g/mol. The minimum absolute atomic E-state index is 0.0159. The van der Waals surface area contributed by atoms with E-state index in [2.05, 4.69) is 5.32 Å². The van der Waals surface area contributed by atoms with Gasteiger partial charge in [-0.25, -0.2) is 0 Å². The molecule has 1 aliphatic heterocycles. The van der Waals surface area contributed by atoms with Gasteiger partial charge in [-0.2, -0.15) is 11.8 Å². The lowest BCUT2D eigenvalue weighted by Crippen LogP contribution is -2.32. The Labute approximate surface area is 95.3 Å². The number of hydrogen-bond donors (Lipinski definition) is 2. The second kappa shape index (κ2) is 6.90. The van der Waals surface area contributed by atoms with Crippen LogP contribution in [0.2, 0.25) is 0 Å². The molecule has 1 rings (SSSR count). The van der Waals surface area contributed by atoms with E-state index < -0.39 is 0 Å². The van der Waals surface area contributed by atoms with Gasteiger partial charge in [-0.15, -0.1) is 0 Å². The first-order chi connectivity index (χ1) is 7.22. The Kier molecular flexibility index (Phi) is 5.79. The van der Waals surface area contributed by atoms with Crippen LogP contribution in [0, 0.1) is 0 Å². The number of nitrogens with one attached hydrogen (secondary N) is 1. The monoisotopic (exact) mass is 229 g/mol. The quantitative estimate of drug-likeness (QED) is 0.715. The van der Waals surface area contributed by atoms with Crippen LogP contribution in [0.15, 0.2) is 11.6 Å². The summed E-state index contributed by atoms with van der Waals surface area (Å²) in [5.41, 5.74) is 1.25. The van der Waals surface area contributed by atoms with Crippen molar-refractivity contribution in [1.82, 2.24) is 5.32 Å². The molecule has 1 aliphatic rings. The maximum Gasteiger partial charge on any atom is 0.244 e. The van der Waals surface area contributed by atoms with E-state index in [9.17, 15) is 4.79 Å². The summed E-state index contributed by atoms with van der Waals surface area (Å²) < 4.78 is 0. The van der Waals surface area contributed by atoms with Gasteiger partial charge in [0.05, 0.1) is 0 Å². The SMILES string of the molecule is CC(CCO)NC(=O)C=C1CCSCC1. The van der Waals surface area contributed by atoms with Crippen molar-refractivity contribution >= 4 is 17.7 Å². The number of carbonyl (C=O) groups excluding carboxylic acids is 1. The molecule has 1 unspecified atom stereocenters. The molecule has 15 heavy (non-hydrogen) atoms. The van der Waals surface area contributed by atoms with Gasteiger partial charge in [0.15, 0.2) is 0 Å². The van der Waals surface area contributed by atoms with Crippen molar-refractivity contribution in [1.29, 1.82) is 0 Å². The molecule has 0 aromatic rings. The molecule has 0 aromatic carbocycles. The molecule has 0 radical (unpaired) electrons. The molecule has 0 bridgehead atoms. The van der Waals surface area contributed by atoms with Crippen LogP contribution in [-0.4, -0.2) is 35.2 Å². The van der Waals surface area contributed by atoms with Gasteiger partial charge in [0.1, 0.15) is 0 Å². The van der Waals surface area contributed by atoms with Crippen molar-refractivity contribution < 1.29 is 9.90 Å². The number of hydrogen-bond acceptors (Lipinski definition) is 3. The number of allylic oxidation sites excluding steroid dienone is 1. The summed E-state index contributed by atoms with van der Waals surface area (Å²) in [6, 6.07) is 0.0531. The predicted octanol–water partition coefficient (Wildman–Crippen LogP) is 1.33. The summed E-state index contributed by atoms with van der Waals surface area (Å²) >= 11 is 1.94. The first-order valence-electron chi connectivity index (χ1n) is 5.41. The lowest BCUT2D eigenvalue weighted by atomic mass is 10.1. The Bertz CT molecular complexity index is 233. The molecule has 0 spiro atoms. The van der Waals surface area contributed by atoms with E-state index in [1.54, 1.807) is 6.08 Å². The molecule has 4 heteroatoms. The average molecular weight is 229 g/mol. The van der Waals surface area contributed by atoms with Crippen LogP contribution in [0.1, 0.15) is 26.2 Å². The van der Waals surface area contributed by atoms with E-state index in [-0.39, 0.29) is 18.6 Å². The summed E-state index contributed by atoms with van der Waals surface area (Å²) in [5.74, 6) is 2.24. The van der Waals surface area contributed by atoms with Crippen LogP contribution >= 0.6 is 11.8 Å². The normalized spacial score (nSPS) is 18.4. The van der Waals surface area contributed by atoms with Crippen molar-refractivity contribution in [2.45, 2.75) is 32.2 Å². The van der Waals surface area contributed by atoms with Gasteiger partial charge < -0.3 is 10.4 Å². The number of thioether (sulfide) groups is 1. The molecule has 3 nitrogen and oxygen atoms in total. The lowest BCUT2D eigenvalue weighted by Gasteiger charge is -2.14. The molecular formula is C11H19NO2S. The van der Waals surface area contributed by atoms with Crippen LogP contribution in [0.5, 0.6) is 0 Å². The fourth-order valence-corrected chi connectivity index (χ4v) is 2.53. The molecule has 1 amide bonds. The average Bonchev–Trinajstić information content (AvgIpc) is 2.19. The van der Waals surface area contributed by atoms with E-state index in [4.69, 9.17) is 5.11 Å². The smallest absolute Gasteiger partial charge is 0.244 e. The summed E-state index contributed by atoms with van der Waals surface area (Å²) in [4.78, 5) is 11.5. The maximum absolute atomic E-state index is 11.5. The van der Waals surface area contributed by atoms with Gasteiger partial charge in [-0.1, -0.05) is 5.57 Å². The van der Waals surface area contributed by atoms with E-state index in [0.29, 0.717) is 6.42 Å². The molecule has 1 saturated heterocycles. The van der Waals surface area contributed by atoms with Crippen molar-refractivity contribution in [3.05, 3.63) is 11.6 Å². The minimum Gasteiger partial charge on any atom is -0.396 e. The highest BCUT2D eigenvalue weighted by Gasteiger charge is 2.09. The van der Waals surface area contributed by atoms with Crippen molar-refractivity contribution in [3.8, 4) is 0 Å². The second-order valence-electron chi connectivity index (χ2n) is 3.84. The van der Waals surface area contributed by atoms with E-state index in [1.807, 2.05) is 18.7 Å². The lowest BCUT2D eigenvalue weighted by molar-refractivity contribution is -0.117. The Balaban J connectivity index is 2.33. The van der Waals surface area contributed by atoms with Crippen molar-refractivity contribution in [2.75, 3.05) is 18.1 Å². The zero-order valence-electron chi connectivity index (χ0n) is 9.16. The summed E-state index contributed by atoms with van der Waals surface area (Å²) in [7, 11) is 0. The largest absolute Gasteiger partial charge is 0.396 e. The Morgan fingerprint density at radius 3 is 2.87 bits per heavy atom. The number of rotatable bonds is 4. The highest BCUT2D eigenvalue weighted by atomic mass is 32.2. The third-order valence-electron chi connectivity index (χ3n) is 2.42. The number of aliphatic hydroxyl groups is 1. The van der Waals surface area contributed by atoms with E-state index in [0.717, 1.165) is 24.3 Å². The maximum atomic E-state index is 11.5. The molecule has 86 valence electrons. The molecule has 0 aliphatic carbocycles. The third-order valence-corrected chi connectivity index (χ3v) is 3.41. The fourth-order valence-electron chi connectivity index (χ4n) is 1.51. The minimum atomic E-state index is -0.0159. The topological polar surface area (TPSA) is 49.3 Å². The van der Waals surface area contributed by atoms with Gasteiger partial charge in [-0.05, 0) is 37.7 Å². The molecule has 1 heterocycles. The Hall–Kier alpha value is -0.480. The van der Waals surface area contributed by atoms with Gasteiger partial charge in [0.25, 0.3) is 0 Å². The Morgan fingerprint density at radius 2 is 2.27 bits per heavy atom. The van der Waals surface area contributed by atoms with Gasteiger partial charge in [0, 0.05) is 18.7 Å². The number of aliphatic hydroxyl groups excluding tert-OH is 1. The summed E-state index contributed by atoms with van der Waals surface area (Å²) in [6.07, 6.45) is 4.41. The van der Waals surface area contributed by atoms with Gasteiger partial charge >= 0.3 is 0 Å². The highest BCUT2D eigenvalue weighted by Crippen LogP contribution is 2.21. The van der Waals surface area contributed by atoms with Gasteiger partial charge in [0.2, 0.25) is 5.91 Å². The van der Waals surface area contributed by atoms with E-state index in [1.165, 1.54) is 5.57 Å². The zero-order valence-corrected chi connectivity index (χ0v) is 9.98. The van der Waals surface area contributed by atoms with Crippen LogP contribution in [0.3, 0.4) is 0 Å². The number of amides is 1. The summed E-state index contributed by atoms with van der Waals surface area (Å²) in [6.45, 7) is 2.03. The van der Waals surface area contributed by atoms with Crippen molar-refractivity contribution in [2.24, 2.45) is 0 Å². The van der Waals surface area contributed by atoms with Crippen LogP contribution in [0.4, 0.5) is 0 Å². The van der Waals surface area contributed by atoms with Crippen LogP contribution in [0.25, 0.3) is 0 Å². The van der Waals surface area contributed by atoms with Crippen molar-refractivity contribution in [3.63, 3.8) is 0 Å². The highest BCUT2D eigenvalue weighted by molar-refractivity contribution is 7.99. The molecule has 2 N–H and O–H groups in total. The van der Waals surface area contributed by atoms with Crippen LogP contribution in [-0.2, 0) is 4.79 Å². The Morgan fingerprint density at radius 1 is 1.60 bits per heavy atom. The molecule has 0 aromatic heterocycles. The standard InChI is InChI=1S/C11H19NO2S/c1-9(2-5-13)12-11(14)8-10-3-6-15-7-4-10/h8-9,13H,2-7H2,1H3,(H,12,14). The number of carbonyl (C=O) groups is 1. The third kappa shape index (κ3) is 5.23. The summed E-state index contributed by atoms with van der Waals surface area (Å²) in [5, 5.41) is 11.5. The predicted molar refractivity (Wildman–Crippen MR) is 63.9 cm³/mol. The van der Waals surface area contributed by atoms with Crippen LogP contribution < -0.4 is 5.32 Å². The first kappa shape index (κ1) is 12.6. The zero-order chi connectivity index (χ0) is 11.1. The second-order valence-corrected chi connectivity index (χ2v) is 5.06. The van der Waals surface area contributed by atoms with E-state index >= 15 is 0 Å². The molecule has 0 saturated carbocycles. The molecule has 1 atom stereocenters. The van der Waals surface area contributed by atoms with Gasteiger partial charge in [-0.3, -0.25) is 4.79 Å².